The second-order valence-electron chi connectivity index (χ2n) is 5.51. The normalized spacial score (nSPS) is 11.1. The number of benzene rings is 1. The highest BCUT2D eigenvalue weighted by molar-refractivity contribution is 7.22. The molecule has 26 heavy (non-hydrogen) atoms. The number of thiazole rings is 1. The van der Waals surface area contributed by atoms with E-state index >= 15 is 0 Å². The first-order chi connectivity index (χ1) is 12.6. The second-order valence-corrected chi connectivity index (χ2v) is 7.46. The van der Waals surface area contributed by atoms with E-state index in [-0.39, 0.29) is 12.5 Å². The number of carbonyl (C=O) groups excluding carboxylic acids is 1. The van der Waals surface area contributed by atoms with Crippen molar-refractivity contribution < 1.29 is 4.79 Å². The van der Waals surface area contributed by atoms with Crippen molar-refractivity contribution in [2.75, 3.05) is 5.32 Å². The minimum atomic E-state index is -0.459. The molecule has 10 heteroatoms. The van der Waals surface area contributed by atoms with Gasteiger partial charge in [0.15, 0.2) is 5.13 Å². The number of anilines is 1. The maximum absolute atomic E-state index is 12.3. The van der Waals surface area contributed by atoms with Crippen LogP contribution >= 0.6 is 22.7 Å². The predicted molar refractivity (Wildman–Crippen MR) is 101 cm³/mol. The molecule has 0 radical (unpaired) electrons. The van der Waals surface area contributed by atoms with Gasteiger partial charge in [-0.3, -0.25) is 4.79 Å². The van der Waals surface area contributed by atoms with Gasteiger partial charge >= 0.3 is 5.69 Å². The molecule has 4 aromatic rings. The lowest BCUT2D eigenvalue weighted by Gasteiger charge is -1.99. The fourth-order valence-corrected chi connectivity index (χ4v) is 4.05. The molecule has 0 fully saturated rings. The van der Waals surface area contributed by atoms with Gasteiger partial charge in [-0.25, -0.2) is 9.78 Å². The molecule has 1 amide bonds. The Balaban J connectivity index is 1.50. The molecule has 4 rings (SSSR count). The zero-order valence-electron chi connectivity index (χ0n) is 13.7. The number of hydrogen-bond donors (Lipinski definition) is 1. The molecule has 0 saturated heterocycles. The van der Waals surface area contributed by atoms with E-state index in [4.69, 9.17) is 0 Å². The quantitative estimate of drug-likeness (QED) is 0.568. The van der Waals surface area contributed by atoms with Gasteiger partial charge < -0.3 is 5.32 Å². The SMILES string of the molecule is CCc1ccc2nc(NC(=O)Cn3nnn(-c4cccs4)c3=O)sc2c1. The smallest absolute Gasteiger partial charge is 0.300 e. The Labute approximate surface area is 155 Å². The zero-order valence-corrected chi connectivity index (χ0v) is 15.4. The molecule has 3 aromatic heterocycles. The van der Waals surface area contributed by atoms with Crippen LogP contribution in [-0.2, 0) is 17.8 Å². The van der Waals surface area contributed by atoms with Gasteiger partial charge in [0, 0.05) is 0 Å². The largest absolute Gasteiger partial charge is 0.369 e. The molecular formula is C16H14N6O2S2. The number of fused-ring (bicyclic) bond motifs is 1. The van der Waals surface area contributed by atoms with Crippen molar-refractivity contribution in [2.24, 2.45) is 0 Å². The predicted octanol–water partition coefficient (Wildman–Crippen LogP) is 2.30. The number of amides is 1. The van der Waals surface area contributed by atoms with E-state index < -0.39 is 5.69 Å². The van der Waals surface area contributed by atoms with Gasteiger partial charge in [0.25, 0.3) is 0 Å². The molecule has 0 spiro atoms. The minimum Gasteiger partial charge on any atom is -0.300 e. The van der Waals surface area contributed by atoms with Crippen molar-refractivity contribution in [3.63, 3.8) is 0 Å². The van der Waals surface area contributed by atoms with Crippen molar-refractivity contribution in [1.29, 1.82) is 0 Å². The summed E-state index contributed by atoms with van der Waals surface area (Å²) < 4.78 is 3.21. The fraction of sp³-hybridized carbons (Fsp3) is 0.188. The Kier molecular flexibility index (Phi) is 4.35. The molecule has 1 aromatic carbocycles. The monoisotopic (exact) mass is 386 g/mol. The molecule has 132 valence electrons. The molecule has 0 aliphatic carbocycles. The number of rotatable bonds is 5. The summed E-state index contributed by atoms with van der Waals surface area (Å²) in [7, 11) is 0. The molecule has 0 atom stereocenters. The summed E-state index contributed by atoms with van der Waals surface area (Å²) in [5.74, 6) is -0.375. The first-order valence-electron chi connectivity index (χ1n) is 7.90. The molecular weight excluding hydrogens is 372 g/mol. The first kappa shape index (κ1) is 16.6. The third kappa shape index (κ3) is 3.16. The summed E-state index contributed by atoms with van der Waals surface area (Å²) >= 11 is 2.77. The number of nitrogens with zero attached hydrogens (tertiary/aromatic N) is 5. The van der Waals surface area contributed by atoms with Gasteiger partial charge in [0.05, 0.1) is 10.2 Å². The summed E-state index contributed by atoms with van der Waals surface area (Å²) in [6.45, 7) is 1.87. The molecule has 0 aliphatic heterocycles. The van der Waals surface area contributed by atoms with E-state index in [1.807, 2.05) is 23.6 Å². The summed E-state index contributed by atoms with van der Waals surface area (Å²) in [6, 6.07) is 9.61. The van der Waals surface area contributed by atoms with Crippen molar-refractivity contribution in [1.82, 2.24) is 24.8 Å². The van der Waals surface area contributed by atoms with Crippen molar-refractivity contribution in [3.8, 4) is 5.00 Å². The second kappa shape index (κ2) is 6.81. The number of tetrazole rings is 1. The van der Waals surface area contributed by atoms with Gasteiger partial charge in [0.1, 0.15) is 11.5 Å². The van der Waals surface area contributed by atoms with Crippen LogP contribution < -0.4 is 11.0 Å². The number of thiophene rings is 1. The zero-order chi connectivity index (χ0) is 18.1. The molecule has 8 nitrogen and oxygen atoms in total. The van der Waals surface area contributed by atoms with Crippen LogP contribution in [0.25, 0.3) is 15.2 Å². The van der Waals surface area contributed by atoms with Crippen molar-refractivity contribution in [3.05, 3.63) is 51.8 Å². The number of carbonyl (C=O) groups is 1. The van der Waals surface area contributed by atoms with E-state index in [9.17, 15) is 9.59 Å². The van der Waals surface area contributed by atoms with Gasteiger partial charge in [-0.05, 0) is 52.1 Å². The van der Waals surface area contributed by atoms with E-state index in [2.05, 4.69) is 33.7 Å². The van der Waals surface area contributed by atoms with Crippen LogP contribution in [0.5, 0.6) is 0 Å². The number of hydrogen-bond acceptors (Lipinski definition) is 7. The van der Waals surface area contributed by atoms with E-state index in [0.29, 0.717) is 10.1 Å². The molecule has 0 bridgehead atoms. The van der Waals surface area contributed by atoms with Crippen LogP contribution in [0.15, 0.2) is 40.5 Å². The van der Waals surface area contributed by atoms with E-state index in [1.54, 1.807) is 6.07 Å². The van der Waals surface area contributed by atoms with Gasteiger partial charge in [0.2, 0.25) is 5.91 Å². The summed E-state index contributed by atoms with van der Waals surface area (Å²) in [4.78, 5) is 28.9. The average Bonchev–Trinajstić information content (AvgIpc) is 3.35. The Morgan fingerprint density at radius 3 is 2.92 bits per heavy atom. The van der Waals surface area contributed by atoms with Gasteiger partial charge in [-0.15, -0.1) is 11.3 Å². The molecule has 1 N–H and O–H groups in total. The molecule has 0 unspecified atom stereocenters. The Hall–Kier alpha value is -2.85. The van der Waals surface area contributed by atoms with Gasteiger partial charge in [-0.2, -0.15) is 9.36 Å². The lowest BCUT2D eigenvalue weighted by Crippen LogP contribution is -2.29. The van der Waals surface area contributed by atoms with Crippen LogP contribution in [0.1, 0.15) is 12.5 Å². The van der Waals surface area contributed by atoms with E-state index in [0.717, 1.165) is 21.3 Å². The van der Waals surface area contributed by atoms with Crippen LogP contribution in [0.2, 0.25) is 0 Å². The van der Waals surface area contributed by atoms with Crippen LogP contribution in [0.3, 0.4) is 0 Å². The lowest BCUT2D eigenvalue weighted by atomic mass is 10.2. The van der Waals surface area contributed by atoms with Crippen LogP contribution in [0, 0.1) is 0 Å². The highest BCUT2D eigenvalue weighted by Gasteiger charge is 2.14. The van der Waals surface area contributed by atoms with Crippen molar-refractivity contribution >= 4 is 43.9 Å². The fourth-order valence-electron chi connectivity index (χ4n) is 2.44. The summed E-state index contributed by atoms with van der Waals surface area (Å²) in [5.41, 5.74) is 1.60. The van der Waals surface area contributed by atoms with Crippen LogP contribution in [-0.4, -0.2) is 30.7 Å². The minimum absolute atomic E-state index is 0.222. The number of aryl methyl sites for hydroxylation is 1. The molecule has 3 heterocycles. The summed E-state index contributed by atoms with van der Waals surface area (Å²) in [5, 5.41) is 13.3. The maximum Gasteiger partial charge on any atom is 0.369 e. The standard InChI is InChI=1S/C16H14N6O2S2/c1-2-10-5-6-11-12(8-10)26-15(17-11)18-13(23)9-21-16(24)22(20-19-21)14-4-3-7-25-14/h3-8H,2,9H2,1H3,(H,17,18,23). The van der Waals surface area contributed by atoms with Crippen molar-refractivity contribution in [2.45, 2.75) is 19.9 Å². The Morgan fingerprint density at radius 1 is 1.27 bits per heavy atom. The maximum atomic E-state index is 12.3. The Bertz CT molecular complexity index is 1130. The third-order valence-electron chi connectivity index (χ3n) is 3.76. The third-order valence-corrected chi connectivity index (χ3v) is 5.53. The number of aromatic nitrogens is 5. The average molecular weight is 386 g/mol. The van der Waals surface area contributed by atoms with Gasteiger partial charge in [-0.1, -0.05) is 24.3 Å². The van der Waals surface area contributed by atoms with E-state index in [1.165, 1.54) is 32.9 Å². The lowest BCUT2D eigenvalue weighted by molar-refractivity contribution is -0.117. The highest BCUT2D eigenvalue weighted by Crippen LogP contribution is 2.26. The topological polar surface area (TPSA) is 94.7 Å². The molecule has 0 saturated carbocycles. The Morgan fingerprint density at radius 2 is 2.15 bits per heavy atom. The van der Waals surface area contributed by atoms with Crippen LogP contribution in [0.4, 0.5) is 5.13 Å². The highest BCUT2D eigenvalue weighted by atomic mass is 32.1. The summed E-state index contributed by atoms with van der Waals surface area (Å²) in [6.07, 6.45) is 0.943. The number of nitrogens with one attached hydrogen (secondary N) is 1. The molecule has 0 aliphatic rings. The first-order valence-corrected chi connectivity index (χ1v) is 9.59.